The van der Waals surface area contributed by atoms with Crippen LogP contribution in [0.4, 0.5) is 27.8 Å². The summed E-state index contributed by atoms with van der Waals surface area (Å²) in [6.45, 7) is 5.24. The van der Waals surface area contributed by atoms with Crippen molar-refractivity contribution in [1.82, 2.24) is 15.3 Å². The Morgan fingerprint density at radius 1 is 1.17 bits per heavy atom. The third-order valence-corrected chi connectivity index (χ3v) is 5.71. The van der Waals surface area contributed by atoms with Crippen molar-refractivity contribution in [3.05, 3.63) is 52.9 Å². The lowest BCUT2D eigenvalue weighted by Crippen LogP contribution is -2.41. The Bertz CT molecular complexity index is 1250. The maximum Gasteiger partial charge on any atom is 0.419 e. The first-order valence-corrected chi connectivity index (χ1v) is 11.2. The van der Waals surface area contributed by atoms with Gasteiger partial charge in [0.05, 0.1) is 30.8 Å². The van der Waals surface area contributed by atoms with Crippen LogP contribution in [-0.2, 0) is 10.9 Å². The molecule has 36 heavy (non-hydrogen) atoms. The van der Waals surface area contributed by atoms with Crippen molar-refractivity contribution in [3.8, 4) is 11.5 Å². The molecule has 0 unspecified atom stereocenters. The average Bonchev–Trinajstić information content (AvgIpc) is 2.83. The van der Waals surface area contributed by atoms with Crippen LogP contribution in [0.3, 0.4) is 0 Å². The molecule has 0 aliphatic carbocycles. The number of hydrogen-bond acceptors (Lipinski definition) is 7. The largest absolute Gasteiger partial charge is 0.493 e. The predicted molar refractivity (Wildman–Crippen MR) is 122 cm³/mol. The Balaban J connectivity index is 1.69. The molecular formula is C24H25F5N4O3. The number of anilines is 1. The maximum absolute atomic E-state index is 14.7. The normalized spacial score (nSPS) is 17.2. The molecule has 3 aromatic rings. The van der Waals surface area contributed by atoms with Crippen LogP contribution in [0, 0.1) is 18.6 Å². The van der Waals surface area contributed by atoms with Crippen LogP contribution >= 0.6 is 0 Å². The standard InChI is InChI=1S/C24H25F5N4O3/c1-12(16-6-14(25)7-18(22(16)26)24(27,28)29)31-23-17-8-21(36-11-15-10-30-4-5-35-15)20(34-3)9-19(17)32-13(2)33-23/h6-9,12,15,30H,4-5,10-11H2,1-3H3,(H,31,32,33)/t12-,15+/m1/s1. The van der Waals surface area contributed by atoms with Gasteiger partial charge in [0.1, 0.15) is 36.0 Å². The molecular weight excluding hydrogens is 487 g/mol. The monoisotopic (exact) mass is 512 g/mol. The van der Waals surface area contributed by atoms with E-state index in [4.69, 9.17) is 14.2 Å². The van der Waals surface area contributed by atoms with Gasteiger partial charge in [0.25, 0.3) is 0 Å². The number of methoxy groups -OCH3 is 1. The minimum Gasteiger partial charge on any atom is -0.493 e. The van der Waals surface area contributed by atoms with Crippen molar-refractivity contribution in [2.45, 2.75) is 32.2 Å². The number of nitrogens with one attached hydrogen (secondary N) is 2. The molecule has 1 saturated heterocycles. The van der Waals surface area contributed by atoms with E-state index in [-0.39, 0.29) is 24.6 Å². The third kappa shape index (κ3) is 5.59. The lowest BCUT2D eigenvalue weighted by Gasteiger charge is -2.24. The van der Waals surface area contributed by atoms with Gasteiger partial charge in [-0.25, -0.2) is 18.7 Å². The number of aryl methyl sites for hydroxylation is 1. The summed E-state index contributed by atoms with van der Waals surface area (Å²) in [5, 5.41) is 6.57. The predicted octanol–water partition coefficient (Wildman–Crippen LogP) is 4.78. The molecule has 2 aromatic carbocycles. The number of ether oxygens (including phenoxy) is 3. The number of hydrogen-bond donors (Lipinski definition) is 2. The van der Waals surface area contributed by atoms with Crippen LogP contribution in [0.25, 0.3) is 10.9 Å². The quantitative estimate of drug-likeness (QED) is 0.441. The minimum atomic E-state index is -5.04. The van der Waals surface area contributed by atoms with E-state index in [0.717, 1.165) is 12.6 Å². The third-order valence-electron chi connectivity index (χ3n) is 5.71. The van der Waals surface area contributed by atoms with E-state index in [2.05, 4.69) is 20.6 Å². The minimum absolute atomic E-state index is 0.136. The zero-order chi connectivity index (χ0) is 26.0. The zero-order valence-electron chi connectivity index (χ0n) is 19.8. The van der Waals surface area contributed by atoms with Gasteiger partial charge in [0, 0.05) is 30.1 Å². The Labute approximate surface area is 204 Å². The van der Waals surface area contributed by atoms with E-state index in [1.54, 1.807) is 19.1 Å². The van der Waals surface area contributed by atoms with Crippen molar-refractivity contribution < 1.29 is 36.2 Å². The van der Waals surface area contributed by atoms with E-state index < -0.39 is 35.0 Å². The summed E-state index contributed by atoms with van der Waals surface area (Å²) in [6.07, 6.45) is -5.20. The summed E-state index contributed by atoms with van der Waals surface area (Å²) in [5.41, 5.74) is -1.69. The lowest BCUT2D eigenvalue weighted by molar-refractivity contribution is -0.140. The highest BCUT2D eigenvalue weighted by Crippen LogP contribution is 2.38. The van der Waals surface area contributed by atoms with Crippen molar-refractivity contribution in [2.24, 2.45) is 0 Å². The van der Waals surface area contributed by atoms with Gasteiger partial charge in [-0.2, -0.15) is 13.2 Å². The van der Waals surface area contributed by atoms with E-state index >= 15 is 0 Å². The number of rotatable bonds is 7. The molecule has 0 radical (unpaired) electrons. The molecule has 2 atom stereocenters. The fraction of sp³-hybridized carbons (Fsp3) is 0.417. The second-order valence-electron chi connectivity index (χ2n) is 8.37. The number of aromatic nitrogens is 2. The van der Waals surface area contributed by atoms with Gasteiger partial charge in [-0.05, 0) is 32.0 Å². The molecule has 1 fully saturated rings. The van der Waals surface area contributed by atoms with Crippen LogP contribution < -0.4 is 20.1 Å². The summed E-state index contributed by atoms with van der Waals surface area (Å²) in [6, 6.07) is 3.07. The SMILES string of the molecule is COc1cc2nc(C)nc(N[C@H](C)c3cc(F)cc(C(F)(F)F)c3F)c2cc1OC[C@@H]1CNCCO1. The van der Waals surface area contributed by atoms with E-state index in [9.17, 15) is 22.0 Å². The molecule has 1 aliphatic heterocycles. The summed E-state index contributed by atoms with van der Waals surface area (Å²) < 4.78 is 85.3. The van der Waals surface area contributed by atoms with Crippen molar-refractivity contribution in [1.29, 1.82) is 0 Å². The molecule has 194 valence electrons. The summed E-state index contributed by atoms with van der Waals surface area (Å²) in [5.74, 6) is -1.40. The molecule has 1 aromatic heterocycles. The lowest BCUT2D eigenvalue weighted by atomic mass is 10.0. The smallest absolute Gasteiger partial charge is 0.419 e. The number of halogens is 5. The highest BCUT2D eigenvalue weighted by molar-refractivity contribution is 5.92. The van der Waals surface area contributed by atoms with Crippen LogP contribution in [0.1, 0.15) is 29.9 Å². The van der Waals surface area contributed by atoms with Gasteiger partial charge in [-0.15, -0.1) is 0 Å². The number of nitrogens with zero attached hydrogens (tertiary/aromatic N) is 2. The van der Waals surface area contributed by atoms with Crippen LogP contribution in [0.15, 0.2) is 24.3 Å². The number of morpholine rings is 1. The Morgan fingerprint density at radius 2 is 1.94 bits per heavy atom. The Kier molecular flexibility index (Phi) is 7.46. The van der Waals surface area contributed by atoms with Gasteiger partial charge in [0.2, 0.25) is 0 Å². The van der Waals surface area contributed by atoms with E-state index in [1.807, 2.05) is 0 Å². The maximum atomic E-state index is 14.7. The van der Waals surface area contributed by atoms with Gasteiger partial charge < -0.3 is 24.8 Å². The first-order chi connectivity index (χ1) is 17.1. The summed E-state index contributed by atoms with van der Waals surface area (Å²) in [7, 11) is 1.48. The zero-order valence-corrected chi connectivity index (χ0v) is 19.8. The number of benzene rings is 2. The first kappa shape index (κ1) is 25.8. The molecule has 2 N–H and O–H groups in total. The van der Waals surface area contributed by atoms with Crippen LogP contribution in [0.2, 0.25) is 0 Å². The van der Waals surface area contributed by atoms with Crippen LogP contribution in [0.5, 0.6) is 11.5 Å². The molecule has 12 heteroatoms. The second-order valence-corrected chi connectivity index (χ2v) is 8.37. The number of fused-ring (bicyclic) bond motifs is 1. The molecule has 0 spiro atoms. The summed E-state index contributed by atoms with van der Waals surface area (Å²) in [4.78, 5) is 8.73. The molecule has 7 nitrogen and oxygen atoms in total. The molecule has 0 bridgehead atoms. The van der Waals surface area contributed by atoms with E-state index in [0.29, 0.717) is 41.4 Å². The van der Waals surface area contributed by atoms with Crippen molar-refractivity contribution in [2.75, 3.05) is 38.7 Å². The van der Waals surface area contributed by atoms with Gasteiger partial charge in [-0.3, -0.25) is 0 Å². The molecule has 0 amide bonds. The van der Waals surface area contributed by atoms with Gasteiger partial charge in [0.15, 0.2) is 11.5 Å². The topological polar surface area (TPSA) is 77.5 Å². The van der Waals surface area contributed by atoms with Crippen molar-refractivity contribution >= 4 is 16.7 Å². The molecule has 4 rings (SSSR count). The average molecular weight is 512 g/mol. The van der Waals surface area contributed by atoms with Crippen molar-refractivity contribution in [3.63, 3.8) is 0 Å². The number of alkyl halides is 3. The fourth-order valence-electron chi connectivity index (χ4n) is 3.96. The molecule has 1 aliphatic rings. The highest BCUT2D eigenvalue weighted by atomic mass is 19.4. The highest BCUT2D eigenvalue weighted by Gasteiger charge is 2.36. The van der Waals surface area contributed by atoms with Gasteiger partial charge >= 0.3 is 6.18 Å². The van der Waals surface area contributed by atoms with E-state index in [1.165, 1.54) is 14.0 Å². The first-order valence-electron chi connectivity index (χ1n) is 11.2. The van der Waals surface area contributed by atoms with Crippen LogP contribution in [-0.4, -0.2) is 49.5 Å². The summed E-state index contributed by atoms with van der Waals surface area (Å²) >= 11 is 0. The second kappa shape index (κ2) is 10.4. The molecule has 0 saturated carbocycles. The molecule has 2 heterocycles. The Morgan fingerprint density at radius 3 is 2.61 bits per heavy atom. The Hall–Kier alpha value is -3.25. The van der Waals surface area contributed by atoms with Gasteiger partial charge in [-0.1, -0.05) is 0 Å². The fourth-order valence-corrected chi connectivity index (χ4v) is 3.96.